The molecule has 1 aromatic heterocycles. The Kier molecular flexibility index (Phi) is 1.17. The second kappa shape index (κ2) is 1.84. The third-order valence-corrected chi connectivity index (χ3v) is 0.899. The number of H-pyrrole nitrogens is 1. The normalized spacial score (nSPS) is 8.71. The lowest BCUT2D eigenvalue weighted by atomic mass is 10.7. The number of nitrogens with one attached hydrogen (secondary N) is 1. The van der Waals surface area contributed by atoms with Crippen molar-refractivity contribution in [1.29, 1.82) is 0 Å². The quantitative estimate of drug-likeness (QED) is 0.522. The molecule has 0 aromatic carbocycles. The highest BCUT2D eigenvalue weighted by Crippen LogP contribution is 2.00. The molecular weight excluding hydrogens is 106 g/mol. The van der Waals surface area contributed by atoms with E-state index in [1.807, 2.05) is 12.1 Å². The van der Waals surface area contributed by atoms with Gasteiger partial charge in [-0.2, -0.15) is 0 Å². The molecule has 1 rings (SSSR count). The van der Waals surface area contributed by atoms with Crippen LogP contribution in [0.5, 0.6) is 5.88 Å². The molecule has 0 fully saturated rings. The molecule has 0 aliphatic rings. The molecule has 0 atom stereocenters. The van der Waals surface area contributed by atoms with Crippen LogP contribution < -0.4 is 4.43 Å². The number of aromatic amines is 1. The zero-order chi connectivity index (χ0) is 5.11. The highest BCUT2D eigenvalue weighted by Gasteiger charge is 1.81. The summed E-state index contributed by atoms with van der Waals surface area (Å²) >= 11 is 0. The highest BCUT2D eigenvalue weighted by molar-refractivity contribution is 5.99. The Morgan fingerprint density at radius 3 is 2.86 bits per heavy atom. The van der Waals surface area contributed by atoms with Crippen molar-refractivity contribution in [2.45, 2.75) is 0 Å². The van der Waals surface area contributed by atoms with E-state index in [9.17, 15) is 0 Å². The summed E-state index contributed by atoms with van der Waals surface area (Å²) in [5.74, 6) is 0.719. The molecule has 0 spiro atoms. The lowest BCUT2D eigenvalue weighted by Crippen LogP contribution is -1.81. The SMILES string of the molecule is [Si]Oc1ccc[nH]1. The van der Waals surface area contributed by atoms with Gasteiger partial charge in [0.2, 0.25) is 0 Å². The van der Waals surface area contributed by atoms with E-state index < -0.39 is 0 Å². The molecule has 0 amide bonds. The fourth-order valence-corrected chi connectivity index (χ4v) is 0.504. The highest BCUT2D eigenvalue weighted by atomic mass is 28.2. The van der Waals surface area contributed by atoms with Crippen molar-refractivity contribution in [1.82, 2.24) is 4.98 Å². The maximum atomic E-state index is 4.60. The van der Waals surface area contributed by atoms with Crippen LogP contribution in [-0.4, -0.2) is 15.5 Å². The van der Waals surface area contributed by atoms with E-state index in [1.54, 1.807) is 6.20 Å². The molecule has 2 nitrogen and oxygen atoms in total. The number of aromatic nitrogens is 1. The summed E-state index contributed by atoms with van der Waals surface area (Å²) in [6.07, 6.45) is 1.79. The lowest BCUT2D eigenvalue weighted by Gasteiger charge is -1.87. The van der Waals surface area contributed by atoms with E-state index in [4.69, 9.17) is 0 Å². The Morgan fingerprint density at radius 1 is 1.71 bits per heavy atom. The first-order chi connectivity index (χ1) is 3.43. The second-order valence-electron chi connectivity index (χ2n) is 1.14. The molecule has 0 saturated heterocycles. The molecule has 1 aromatic rings. The van der Waals surface area contributed by atoms with E-state index in [0.29, 0.717) is 0 Å². The first kappa shape index (κ1) is 4.46. The topological polar surface area (TPSA) is 25.0 Å². The Morgan fingerprint density at radius 2 is 2.57 bits per heavy atom. The van der Waals surface area contributed by atoms with E-state index in [0.717, 1.165) is 5.88 Å². The van der Waals surface area contributed by atoms with Crippen LogP contribution >= 0.6 is 0 Å². The Labute approximate surface area is 45.0 Å². The molecule has 7 heavy (non-hydrogen) atoms. The number of hydrogen-bond acceptors (Lipinski definition) is 1. The molecule has 3 radical (unpaired) electrons. The zero-order valence-corrected chi connectivity index (χ0v) is 4.64. The summed E-state index contributed by atoms with van der Waals surface area (Å²) in [5.41, 5.74) is 0. The minimum absolute atomic E-state index is 0.719. The number of rotatable bonds is 1. The first-order valence-corrected chi connectivity index (χ1v) is 2.31. The van der Waals surface area contributed by atoms with Crippen LogP contribution in [0.4, 0.5) is 0 Å². The van der Waals surface area contributed by atoms with E-state index in [1.165, 1.54) is 0 Å². The molecule has 0 aliphatic heterocycles. The molecule has 1 N–H and O–H groups in total. The van der Waals surface area contributed by atoms with Crippen LogP contribution in [0.2, 0.25) is 0 Å². The Bertz CT molecular complexity index is 126. The van der Waals surface area contributed by atoms with Crippen molar-refractivity contribution in [2.75, 3.05) is 0 Å². The summed E-state index contributed by atoms with van der Waals surface area (Å²) in [6, 6.07) is 3.67. The third kappa shape index (κ3) is 0.836. The average molecular weight is 110 g/mol. The first-order valence-electron chi connectivity index (χ1n) is 1.90. The fourth-order valence-electron chi connectivity index (χ4n) is 0.377. The van der Waals surface area contributed by atoms with Gasteiger partial charge in [-0.25, -0.2) is 0 Å². The monoisotopic (exact) mass is 110 g/mol. The summed E-state index contributed by atoms with van der Waals surface area (Å²) in [6.45, 7) is 0. The molecule has 0 aliphatic carbocycles. The predicted molar refractivity (Wildman–Crippen MR) is 27.2 cm³/mol. The summed E-state index contributed by atoms with van der Waals surface area (Å²) in [5, 5.41) is 0. The van der Waals surface area contributed by atoms with Gasteiger partial charge < -0.3 is 9.41 Å². The largest absolute Gasteiger partial charge is 0.529 e. The van der Waals surface area contributed by atoms with Crippen molar-refractivity contribution < 1.29 is 4.43 Å². The Hall–Kier alpha value is -0.703. The summed E-state index contributed by atoms with van der Waals surface area (Å²) < 4.78 is 4.60. The zero-order valence-electron chi connectivity index (χ0n) is 3.64. The van der Waals surface area contributed by atoms with Crippen LogP contribution in [-0.2, 0) is 0 Å². The fraction of sp³-hybridized carbons (Fsp3) is 0. The standard InChI is InChI=1S/C4H4NOSi/c7-6-4-2-1-3-5-4/h1-3,5H. The van der Waals surface area contributed by atoms with Crippen LogP contribution in [0, 0.1) is 0 Å². The molecule has 35 valence electrons. The van der Waals surface area contributed by atoms with Gasteiger partial charge in [-0.1, -0.05) is 0 Å². The molecule has 0 saturated carbocycles. The van der Waals surface area contributed by atoms with Crippen LogP contribution in [0.15, 0.2) is 18.3 Å². The maximum Gasteiger partial charge on any atom is 0.343 e. The molecular formula is C4H4NOSi. The van der Waals surface area contributed by atoms with Crippen LogP contribution in [0.3, 0.4) is 0 Å². The number of hydrogen-bond donors (Lipinski definition) is 1. The smallest absolute Gasteiger partial charge is 0.343 e. The molecule has 0 bridgehead atoms. The minimum atomic E-state index is 0.719. The molecule has 1 heterocycles. The Balaban J connectivity index is 2.76. The van der Waals surface area contributed by atoms with Gasteiger partial charge in [0.25, 0.3) is 0 Å². The van der Waals surface area contributed by atoms with Gasteiger partial charge in [-0.15, -0.1) is 0 Å². The summed E-state index contributed by atoms with van der Waals surface area (Å²) in [4.78, 5) is 2.82. The third-order valence-electron chi connectivity index (χ3n) is 0.679. The summed E-state index contributed by atoms with van der Waals surface area (Å²) in [7, 11) is 2.85. The van der Waals surface area contributed by atoms with Crippen molar-refractivity contribution in [3.05, 3.63) is 18.3 Å². The van der Waals surface area contributed by atoms with Crippen molar-refractivity contribution in [3.63, 3.8) is 0 Å². The molecule has 3 heteroatoms. The van der Waals surface area contributed by atoms with Gasteiger partial charge in [0, 0.05) is 6.20 Å². The lowest BCUT2D eigenvalue weighted by molar-refractivity contribution is 0.593. The van der Waals surface area contributed by atoms with Gasteiger partial charge in [0.1, 0.15) is 0 Å². The maximum absolute atomic E-state index is 4.60. The van der Waals surface area contributed by atoms with Gasteiger partial charge in [-0.3, -0.25) is 0 Å². The van der Waals surface area contributed by atoms with Crippen molar-refractivity contribution >= 4 is 10.5 Å². The van der Waals surface area contributed by atoms with Crippen molar-refractivity contribution in [3.8, 4) is 5.88 Å². The van der Waals surface area contributed by atoms with Crippen LogP contribution in [0.25, 0.3) is 0 Å². The van der Waals surface area contributed by atoms with E-state index in [-0.39, 0.29) is 0 Å². The van der Waals surface area contributed by atoms with E-state index in [2.05, 4.69) is 19.9 Å². The average Bonchev–Trinajstić information content (AvgIpc) is 2.14. The minimum Gasteiger partial charge on any atom is -0.529 e. The van der Waals surface area contributed by atoms with Gasteiger partial charge in [0.15, 0.2) is 5.88 Å². The van der Waals surface area contributed by atoms with Crippen LogP contribution in [0.1, 0.15) is 0 Å². The second-order valence-corrected chi connectivity index (χ2v) is 1.34. The van der Waals surface area contributed by atoms with Gasteiger partial charge in [-0.05, 0) is 12.1 Å². The molecule has 0 unspecified atom stereocenters. The van der Waals surface area contributed by atoms with Gasteiger partial charge in [0.05, 0.1) is 0 Å². The van der Waals surface area contributed by atoms with Crippen molar-refractivity contribution in [2.24, 2.45) is 0 Å². The van der Waals surface area contributed by atoms with E-state index >= 15 is 0 Å². The van der Waals surface area contributed by atoms with Gasteiger partial charge >= 0.3 is 10.5 Å². The predicted octanol–water partition coefficient (Wildman–Crippen LogP) is 0.477.